The zero-order valence-electron chi connectivity index (χ0n) is 17.1. The number of aryl methyl sites for hydroxylation is 1. The lowest BCUT2D eigenvalue weighted by molar-refractivity contribution is 0.694. The molecule has 4 aromatic rings. The molecule has 1 aromatic carbocycles. The van der Waals surface area contributed by atoms with Crippen LogP contribution in [0.4, 0.5) is 23.0 Å². The molecule has 0 fully saturated rings. The Balaban J connectivity index is 1.72. The van der Waals surface area contributed by atoms with Gasteiger partial charge in [-0.3, -0.25) is 4.57 Å². The molecule has 0 saturated heterocycles. The molecule has 0 radical (unpaired) electrons. The van der Waals surface area contributed by atoms with Gasteiger partial charge in [-0.15, -0.1) is 10.2 Å². The molecule has 2 N–H and O–H groups in total. The largest absolute Gasteiger partial charge is 0.382 e. The van der Waals surface area contributed by atoms with Gasteiger partial charge >= 0.3 is 0 Å². The molecule has 9 heteroatoms. The molecule has 1 aliphatic heterocycles. The summed E-state index contributed by atoms with van der Waals surface area (Å²) in [5, 5.41) is 8.72. The van der Waals surface area contributed by atoms with Crippen LogP contribution in [0.2, 0.25) is 0 Å². The Labute approximate surface area is 179 Å². The van der Waals surface area contributed by atoms with E-state index in [2.05, 4.69) is 41.4 Å². The molecule has 0 amide bonds. The van der Waals surface area contributed by atoms with E-state index in [1.54, 1.807) is 6.20 Å². The van der Waals surface area contributed by atoms with E-state index in [1.165, 1.54) is 6.20 Å². The van der Waals surface area contributed by atoms with Crippen LogP contribution in [-0.4, -0.2) is 36.3 Å². The highest BCUT2D eigenvalue weighted by atomic mass is 15.3. The number of hydrogen-bond acceptors (Lipinski definition) is 7. The first-order valence-electron chi connectivity index (χ1n) is 9.81. The third-order valence-corrected chi connectivity index (χ3v) is 5.32. The lowest BCUT2D eigenvalue weighted by atomic mass is 10.1. The fourth-order valence-electron chi connectivity index (χ4n) is 3.80. The number of nitrogens with two attached hydrogens (primary N) is 1. The van der Waals surface area contributed by atoms with Crippen LogP contribution in [-0.2, 0) is 0 Å². The van der Waals surface area contributed by atoms with Gasteiger partial charge in [-0.25, -0.2) is 19.8 Å². The van der Waals surface area contributed by atoms with Crippen LogP contribution < -0.4 is 10.6 Å². The van der Waals surface area contributed by atoms with E-state index < -0.39 is 0 Å². The van der Waals surface area contributed by atoms with E-state index in [0.29, 0.717) is 29.4 Å². The summed E-state index contributed by atoms with van der Waals surface area (Å²) in [4.78, 5) is 19.1. The molecule has 0 spiro atoms. The van der Waals surface area contributed by atoms with Gasteiger partial charge in [-0.2, -0.15) is 0 Å². The summed E-state index contributed by atoms with van der Waals surface area (Å²) in [5.41, 5.74) is 9.46. The molecule has 0 saturated carbocycles. The van der Waals surface area contributed by atoms with Crippen molar-refractivity contribution >= 4 is 23.0 Å². The minimum absolute atomic E-state index is 0.107. The first-order valence-corrected chi connectivity index (χ1v) is 9.81. The van der Waals surface area contributed by atoms with Gasteiger partial charge in [0.2, 0.25) is 0 Å². The number of nitrogen functional groups attached to an aromatic ring is 1. The van der Waals surface area contributed by atoms with E-state index in [0.717, 1.165) is 28.8 Å². The number of anilines is 3. The molecule has 31 heavy (non-hydrogen) atoms. The smallest absolute Gasteiger partial charge is 0.187 e. The first kappa shape index (κ1) is 18.7. The monoisotopic (exact) mass is 409 g/mol. The van der Waals surface area contributed by atoms with Crippen LogP contribution in [0.25, 0.3) is 21.9 Å². The van der Waals surface area contributed by atoms with E-state index in [9.17, 15) is 0 Å². The predicted octanol–water partition coefficient (Wildman–Crippen LogP) is 3.82. The van der Waals surface area contributed by atoms with Crippen molar-refractivity contribution in [3.05, 3.63) is 71.9 Å². The van der Waals surface area contributed by atoms with Crippen LogP contribution in [0.3, 0.4) is 0 Å². The molecule has 5 rings (SSSR count). The zero-order chi connectivity index (χ0) is 21.5. The number of nitrogens with zero attached hydrogens (tertiary/aromatic N) is 8. The van der Waals surface area contributed by atoms with Crippen molar-refractivity contribution in [1.29, 1.82) is 0 Å². The molecule has 0 bridgehead atoms. The number of rotatable bonds is 2. The minimum Gasteiger partial charge on any atom is -0.382 e. The maximum atomic E-state index is 7.23. The van der Waals surface area contributed by atoms with Crippen molar-refractivity contribution in [2.45, 2.75) is 19.8 Å². The molecule has 4 heterocycles. The van der Waals surface area contributed by atoms with Gasteiger partial charge in [0.1, 0.15) is 23.2 Å². The van der Waals surface area contributed by atoms with Crippen molar-refractivity contribution in [3.8, 4) is 17.1 Å². The van der Waals surface area contributed by atoms with Gasteiger partial charge in [0.25, 0.3) is 0 Å². The van der Waals surface area contributed by atoms with Gasteiger partial charge in [0.05, 0.1) is 30.3 Å². The molecule has 9 nitrogen and oxygen atoms in total. The van der Waals surface area contributed by atoms with E-state index >= 15 is 0 Å². The number of benzene rings is 1. The first-order chi connectivity index (χ1) is 15.0. The fraction of sp³-hybridized carbons (Fsp3) is 0.182. The predicted molar refractivity (Wildman–Crippen MR) is 117 cm³/mol. The minimum atomic E-state index is 0.107. The lowest BCUT2D eigenvalue weighted by Crippen LogP contribution is -2.23. The van der Waals surface area contributed by atoms with Crippen LogP contribution in [0.15, 0.2) is 48.8 Å². The summed E-state index contributed by atoms with van der Waals surface area (Å²) < 4.78 is 2.05. The van der Waals surface area contributed by atoms with Gasteiger partial charge in [-0.05, 0) is 31.2 Å². The van der Waals surface area contributed by atoms with E-state index in [1.807, 2.05) is 43.3 Å². The van der Waals surface area contributed by atoms with Crippen molar-refractivity contribution in [2.75, 3.05) is 17.2 Å². The fourth-order valence-corrected chi connectivity index (χ4v) is 3.80. The molecule has 152 valence electrons. The molecule has 0 unspecified atom stereocenters. The second kappa shape index (κ2) is 7.18. The van der Waals surface area contributed by atoms with Crippen LogP contribution in [0, 0.1) is 13.5 Å². The van der Waals surface area contributed by atoms with Crippen molar-refractivity contribution in [2.24, 2.45) is 0 Å². The second-order valence-corrected chi connectivity index (χ2v) is 7.45. The Morgan fingerprint density at radius 2 is 1.84 bits per heavy atom. The Morgan fingerprint density at radius 1 is 1.03 bits per heavy atom. The lowest BCUT2D eigenvalue weighted by Gasteiger charge is -2.26. The molecular formula is C22H19N9. The average molecular weight is 409 g/mol. The molecule has 0 aliphatic carbocycles. The molecule has 3 aromatic heterocycles. The number of pyridine rings is 1. The summed E-state index contributed by atoms with van der Waals surface area (Å²) >= 11 is 0. The average Bonchev–Trinajstić information content (AvgIpc) is 3.13. The zero-order valence-corrected chi connectivity index (χ0v) is 17.1. The van der Waals surface area contributed by atoms with Gasteiger partial charge in [0, 0.05) is 18.2 Å². The highest BCUT2D eigenvalue weighted by Gasteiger charge is 2.29. The van der Waals surface area contributed by atoms with E-state index in [4.69, 9.17) is 17.3 Å². The summed E-state index contributed by atoms with van der Waals surface area (Å²) in [6.07, 6.45) is 3.14. The second-order valence-electron chi connectivity index (χ2n) is 7.45. The van der Waals surface area contributed by atoms with Gasteiger partial charge in [-0.1, -0.05) is 19.1 Å². The van der Waals surface area contributed by atoms with Crippen molar-refractivity contribution in [1.82, 2.24) is 29.7 Å². The van der Waals surface area contributed by atoms with Crippen molar-refractivity contribution < 1.29 is 0 Å². The Bertz CT molecular complexity index is 1300. The van der Waals surface area contributed by atoms with Gasteiger partial charge in [0.15, 0.2) is 11.5 Å². The number of aromatic nitrogens is 6. The highest BCUT2D eigenvalue weighted by Crippen LogP contribution is 2.38. The summed E-state index contributed by atoms with van der Waals surface area (Å²) in [6, 6.07) is 11.4. The molecule has 1 aliphatic rings. The highest BCUT2D eigenvalue weighted by molar-refractivity contribution is 5.73. The molecular weight excluding hydrogens is 390 g/mol. The van der Waals surface area contributed by atoms with Crippen LogP contribution in [0.1, 0.15) is 24.5 Å². The quantitative estimate of drug-likeness (QED) is 0.502. The van der Waals surface area contributed by atoms with Crippen molar-refractivity contribution in [3.63, 3.8) is 0 Å². The van der Waals surface area contributed by atoms with Crippen LogP contribution >= 0.6 is 0 Å². The third-order valence-electron chi connectivity index (χ3n) is 5.32. The third kappa shape index (κ3) is 3.14. The van der Waals surface area contributed by atoms with Gasteiger partial charge < -0.3 is 10.6 Å². The molecule has 1 atom stereocenters. The summed E-state index contributed by atoms with van der Waals surface area (Å²) in [6.45, 7) is 12.0. The SMILES string of the molecule is [C-]#[N+]c1ccc(N2C[C@@H](C)c3nnc(C)n3-c3ccc(-c4cnc(N)cn4)nc32)cc1. The number of hydrogen-bond donors (Lipinski definition) is 1. The van der Waals surface area contributed by atoms with E-state index in [-0.39, 0.29) is 5.92 Å². The van der Waals surface area contributed by atoms with Crippen LogP contribution in [0.5, 0.6) is 0 Å². The maximum Gasteiger partial charge on any atom is 0.187 e. The summed E-state index contributed by atoms with van der Waals surface area (Å²) in [7, 11) is 0. The maximum absolute atomic E-state index is 7.23. The standard InChI is InChI=1S/C22H19N9/c1-13-12-30(16-6-4-15(24-3)5-7-16)22-19(31-14(2)28-29-21(13)31)9-8-17(27-22)18-10-26-20(23)11-25-18/h4-11,13H,12H2,1-2H3,(H2,23,26)/t13-/m1/s1. The topological polar surface area (TPSA) is 103 Å². The normalized spacial score (nSPS) is 15.0. The Hall–Kier alpha value is -4.32. The number of fused-ring (bicyclic) bond motifs is 3. The Kier molecular flexibility index (Phi) is 4.33. The summed E-state index contributed by atoms with van der Waals surface area (Å²) in [5.74, 6) is 2.92. The Morgan fingerprint density at radius 3 is 2.55 bits per heavy atom.